The minimum atomic E-state index is -0.460. The third kappa shape index (κ3) is 2.82. The second-order valence-corrected chi connectivity index (χ2v) is 5.35. The Morgan fingerprint density at radius 3 is 2.52 bits per heavy atom. The Kier molecular flexibility index (Phi) is 3.49. The molecular formula is C17H16FN3. The molecule has 0 aliphatic heterocycles. The van der Waals surface area contributed by atoms with Crippen molar-refractivity contribution in [1.82, 2.24) is 0 Å². The molecule has 2 N–H and O–H groups in total. The molecular weight excluding hydrogens is 265 g/mol. The molecule has 1 saturated carbocycles. The van der Waals surface area contributed by atoms with Crippen molar-refractivity contribution in [2.45, 2.75) is 25.4 Å². The molecule has 0 atom stereocenters. The number of rotatable bonds is 4. The lowest BCUT2D eigenvalue weighted by atomic mass is 10.1. The van der Waals surface area contributed by atoms with E-state index in [0.717, 1.165) is 24.1 Å². The zero-order chi connectivity index (χ0) is 14.8. The number of hydrogen-bond acceptors (Lipinski definition) is 3. The molecule has 4 heteroatoms. The van der Waals surface area contributed by atoms with E-state index in [2.05, 4.69) is 4.90 Å². The predicted molar refractivity (Wildman–Crippen MR) is 81.2 cm³/mol. The van der Waals surface area contributed by atoms with E-state index in [-0.39, 0.29) is 5.56 Å². The molecule has 2 aromatic rings. The lowest BCUT2D eigenvalue weighted by Gasteiger charge is -2.26. The Morgan fingerprint density at radius 2 is 1.90 bits per heavy atom. The van der Waals surface area contributed by atoms with Crippen molar-refractivity contribution in [3.63, 3.8) is 0 Å². The molecule has 1 fully saturated rings. The van der Waals surface area contributed by atoms with Crippen LogP contribution in [0.1, 0.15) is 24.0 Å². The normalized spacial score (nSPS) is 13.7. The van der Waals surface area contributed by atoms with E-state index in [1.54, 1.807) is 6.07 Å². The number of hydrogen-bond donors (Lipinski definition) is 1. The minimum absolute atomic E-state index is 0.125. The number of anilines is 2. The highest BCUT2D eigenvalue weighted by Gasteiger charge is 2.31. The van der Waals surface area contributed by atoms with Gasteiger partial charge in [-0.3, -0.25) is 0 Å². The second-order valence-electron chi connectivity index (χ2n) is 5.35. The van der Waals surface area contributed by atoms with Crippen LogP contribution in [0, 0.1) is 17.1 Å². The first-order chi connectivity index (χ1) is 10.2. The zero-order valence-electron chi connectivity index (χ0n) is 11.6. The van der Waals surface area contributed by atoms with E-state index in [0.29, 0.717) is 18.3 Å². The Balaban J connectivity index is 1.94. The van der Waals surface area contributed by atoms with Gasteiger partial charge in [0.25, 0.3) is 0 Å². The third-order valence-corrected chi connectivity index (χ3v) is 3.73. The fourth-order valence-corrected chi connectivity index (χ4v) is 2.48. The largest absolute Gasteiger partial charge is 0.399 e. The third-order valence-electron chi connectivity index (χ3n) is 3.73. The van der Waals surface area contributed by atoms with Crippen LogP contribution < -0.4 is 10.6 Å². The Hall–Kier alpha value is -2.54. The van der Waals surface area contributed by atoms with Gasteiger partial charge in [0.15, 0.2) is 0 Å². The quantitative estimate of drug-likeness (QED) is 0.873. The molecule has 21 heavy (non-hydrogen) atoms. The van der Waals surface area contributed by atoms with Crippen molar-refractivity contribution in [2.24, 2.45) is 0 Å². The number of benzene rings is 2. The fourth-order valence-electron chi connectivity index (χ4n) is 2.48. The smallest absolute Gasteiger partial charge is 0.143 e. The summed E-state index contributed by atoms with van der Waals surface area (Å²) in [6.45, 7) is 0.656. The van der Waals surface area contributed by atoms with Gasteiger partial charge >= 0.3 is 0 Å². The summed E-state index contributed by atoms with van der Waals surface area (Å²) in [6, 6.07) is 14.8. The highest BCUT2D eigenvalue weighted by atomic mass is 19.1. The standard InChI is InChI=1S/C17H16FN3/c18-16-2-1-3-17(15(16)10-19)21(14-8-9-14)11-12-4-6-13(20)7-5-12/h1-7,14H,8-9,11,20H2. The second kappa shape index (κ2) is 5.45. The van der Waals surface area contributed by atoms with Crippen LogP contribution in [0.25, 0.3) is 0 Å². The maximum atomic E-state index is 13.8. The maximum Gasteiger partial charge on any atom is 0.143 e. The van der Waals surface area contributed by atoms with Crippen LogP contribution in [0.2, 0.25) is 0 Å². The first kappa shape index (κ1) is 13.4. The van der Waals surface area contributed by atoms with Crippen molar-refractivity contribution >= 4 is 11.4 Å². The lowest BCUT2D eigenvalue weighted by Crippen LogP contribution is -2.26. The van der Waals surface area contributed by atoms with Crippen LogP contribution in [-0.4, -0.2) is 6.04 Å². The topological polar surface area (TPSA) is 53.0 Å². The Bertz CT molecular complexity index is 684. The molecule has 0 radical (unpaired) electrons. The number of halogens is 1. The van der Waals surface area contributed by atoms with Gasteiger partial charge in [0.2, 0.25) is 0 Å². The van der Waals surface area contributed by atoms with E-state index in [1.807, 2.05) is 36.4 Å². The maximum absolute atomic E-state index is 13.8. The molecule has 3 nitrogen and oxygen atoms in total. The summed E-state index contributed by atoms with van der Waals surface area (Å²) in [6.07, 6.45) is 2.16. The lowest BCUT2D eigenvalue weighted by molar-refractivity contribution is 0.622. The van der Waals surface area contributed by atoms with Gasteiger partial charge in [-0.05, 0) is 42.7 Å². The van der Waals surface area contributed by atoms with Crippen LogP contribution in [-0.2, 0) is 6.54 Å². The first-order valence-corrected chi connectivity index (χ1v) is 6.98. The van der Waals surface area contributed by atoms with Crippen molar-refractivity contribution in [3.05, 3.63) is 59.4 Å². The summed E-state index contributed by atoms with van der Waals surface area (Å²) < 4.78 is 13.8. The summed E-state index contributed by atoms with van der Waals surface area (Å²) in [7, 11) is 0. The average Bonchev–Trinajstić information content (AvgIpc) is 3.31. The molecule has 0 spiro atoms. The Morgan fingerprint density at radius 1 is 1.19 bits per heavy atom. The van der Waals surface area contributed by atoms with Gasteiger partial charge in [0.1, 0.15) is 17.4 Å². The zero-order valence-corrected chi connectivity index (χ0v) is 11.6. The highest BCUT2D eigenvalue weighted by Crippen LogP contribution is 2.35. The summed E-state index contributed by atoms with van der Waals surface area (Å²) in [5.74, 6) is -0.460. The minimum Gasteiger partial charge on any atom is -0.399 e. The molecule has 0 bridgehead atoms. The summed E-state index contributed by atoms with van der Waals surface area (Å²) >= 11 is 0. The Labute approximate surface area is 123 Å². The van der Waals surface area contributed by atoms with Crippen molar-refractivity contribution in [3.8, 4) is 6.07 Å². The SMILES string of the molecule is N#Cc1c(F)cccc1N(Cc1ccc(N)cc1)C1CC1. The molecule has 106 valence electrons. The number of nitrogens with two attached hydrogens (primary N) is 1. The highest BCUT2D eigenvalue weighted by molar-refractivity contribution is 5.61. The van der Waals surface area contributed by atoms with Gasteiger partial charge in [0, 0.05) is 18.3 Å². The first-order valence-electron chi connectivity index (χ1n) is 6.98. The van der Waals surface area contributed by atoms with Gasteiger partial charge in [-0.2, -0.15) is 5.26 Å². The summed E-state index contributed by atoms with van der Waals surface area (Å²) in [4.78, 5) is 2.12. The van der Waals surface area contributed by atoms with Gasteiger partial charge < -0.3 is 10.6 Å². The molecule has 0 heterocycles. The number of nitrogen functional groups attached to an aromatic ring is 1. The van der Waals surface area contributed by atoms with Crippen LogP contribution in [0.15, 0.2) is 42.5 Å². The number of nitriles is 1. The molecule has 2 aromatic carbocycles. The van der Waals surface area contributed by atoms with E-state index in [9.17, 15) is 9.65 Å². The number of nitrogens with zero attached hydrogens (tertiary/aromatic N) is 2. The van der Waals surface area contributed by atoms with Crippen molar-refractivity contribution in [1.29, 1.82) is 5.26 Å². The van der Waals surface area contributed by atoms with E-state index in [1.165, 1.54) is 6.07 Å². The monoisotopic (exact) mass is 281 g/mol. The van der Waals surface area contributed by atoms with E-state index in [4.69, 9.17) is 5.73 Å². The van der Waals surface area contributed by atoms with E-state index < -0.39 is 5.82 Å². The van der Waals surface area contributed by atoms with Crippen LogP contribution >= 0.6 is 0 Å². The van der Waals surface area contributed by atoms with Crippen molar-refractivity contribution < 1.29 is 4.39 Å². The predicted octanol–water partition coefficient (Wildman–Crippen LogP) is 3.45. The molecule has 0 aromatic heterocycles. The molecule has 1 aliphatic carbocycles. The van der Waals surface area contributed by atoms with Gasteiger partial charge in [-0.25, -0.2) is 4.39 Å². The summed E-state index contributed by atoms with van der Waals surface area (Å²) in [5, 5.41) is 9.22. The van der Waals surface area contributed by atoms with E-state index >= 15 is 0 Å². The van der Waals surface area contributed by atoms with Crippen LogP contribution in [0.3, 0.4) is 0 Å². The summed E-state index contributed by atoms with van der Waals surface area (Å²) in [5.41, 5.74) is 8.33. The average molecular weight is 281 g/mol. The molecule has 3 rings (SSSR count). The molecule has 0 unspecified atom stereocenters. The van der Waals surface area contributed by atoms with Crippen LogP contribution in [0.5, 0.6) is 0 Å². The molecule has 0 saturated heterocycles. The fraction of sp³-hybridized carbons (Fsp3) is 0.235. The van der Waals surface area contributed by atoms with Gasteiger partial charge in [-0.1, -0.05) is 18.2 Å². The van der Waals surface area contributed by atoms with Crippen molar-refractivity contribution in [2.75, 3.05) is 10.6 Å². The van der Waals surface area contributed by atoms with Gasteiger partial charge in [0.05, 0.1) is 5.69 Å². The van der Waals surface area contributed by atoms with Gasteiger partial charge in [-0.15, -0.1) is 0 Å². The molecule has 1 aliphatic rings. The molecule has 0 amide bonds. The van der Waals surface area contributed by atoms with Crippen LogP contribution in [0.4, 0.5) is 15.8 Å².